The SMILES string of the molecule is CC(=O)c1c(F)cccc1NC[C@H](O)c1ccc(F)c(F)c1. The van der Waals surface area contributed by atoms with E-state index in [1.165, 1.54) is 25.1 Å². The van der Waals surface area contributed by atoms with Gasteiger partial charge in [-0.25, -0.2) is 13.2 Å². The first-order valence-electron chi connectivity index (χ1n) is 6.56. The minimum Gasteiger partial charge on any atom is -0.387 e. The Labute approximate surface area is 125 Å². The second-order valence-electron chi connectivity index (χ2n) is 4.79. The normalized spacial score (nSPS) is 12.0. The summed E-state index contributed by atoms with van der Waals surface area (Å²) in [4.78, 5) is 11.5. The molecule has 2 rings (SSSR count). The summed E-state index contributed by atoms with van der Waals surface area (Å²) in [5.74, 6) is -3.19. The van der Waals surface area contributed by atoms with Gasteiger partial charge in [0.2, 0.25) is 0 Å². The van der Waals surface area contributed by atoms with E-state index in [-0.39, 0.29) is 23.4 Å². The van der Waals surface area contributed by atoms with Crippen LogP contribution in [-0.4, -0.2) is 17.4 Å². The molecule has 0 saturated heterocycles. The van der Waals surface area contributed by atoms with Crippen LogP contribution in [0.4, 0.5) is 18.9 Å². The van der Waals surface area contributed by atoms with Crippen molar-refractivity contribution in [3.05, 3.63) is 65.0 Å². The van der Waals surface area contributed by atoms with E-state index in [2.05, 4.69) is 5.32 Å². The molecule has 0 bridgehead atoms. The van der Waals surface area contributed by atoms with E-state index >= 15 is 0 Å². The van der Waals surface area contributed by atoms with Gasteiger partial charge in [0.1, 0.15) is 5.82 Å². The number of Topliss-reactive ketones (excluding diaryl/α,β-unsaturated/α-hetero) is 1. The molecule has 2 N–H and O–H groups in total. The van der Waals surface area contributed by atoms with Crippen molar-refractivity contribution >= 4 is 11.5 Å². The van der Waals surface area contributed by atoms with Crippen LogP contribution in [-0.2, 0) is 0 Å². The molecular formula is C16H14F3NO2. The first-order valence-corrected chi connectivity index (χ1v) is 6.56. The molecule has 1 atom stereocenters. The van der Waals surface area contributed by atoms with E-state index in [4.69, 9.17) is 0 Å². The monoisotopic (exact) mass is 309 g/mol. The Morgan fingerprint density at radius 2 is 1.86 bits per heavy atom. The van der Waals surface area contributed by atoms with Crippen LogP contribution in [0.15, 0.2) is 36.4 Å². The molecule has 6 heteroatoms. The molecule has 0 aliphatic carbocycles. The first kappa shape index (κ1) is 16.0. The van der Waals surface area contributed by atoms with E-state index in [1.54, 1.807) is 0 Å². The summed E-state index contributed by atoms with van der Waals surface area (Å²) in [6.45, 7) is 1.14. The summed E-state index contributed by atoms with van der Waals surface area (Å²) in [5, 5.41) is 12.7. The van der Waals surface area contributed by atoms with Crippen molar-refractivity contribution in [2.45, 2.75) is 13.0 Å². The summed E-state index contributed by atoms with van der Waals surface area (Å²) in [6, 6.07) is 7.14. The van der Waals surface area contributed by atoms with Crippen molar-refractivity contribution < 1.29 is 23.1 Å². The second-order valence-corrected chi connectivity index (χ2v) is 4.79. The number of hydrogen-bond acceptors (Lipinski definition) is 3. The Kier molecular flexibility index (Phi) is 4.82. The maximum absolute atomic E-state index is 13.6. The van der Waals surface area contributed by atoms with Crippen LogP contribution in [0.2, 0.25) is 0 Å². The van der Waals surface area contributed by atoms with E-state index in [0.29, 0.717) is 0 Å². The molecule has 2 aromatic rings. The lowest BCUT2D eigenvalue weighted by molar-refractivity contribution is 0.101. The van der Waals surface area contributed by atoms with Gasteiger partial charge in [0, 0.05) is 12.2 Å². The van der Waals surface area contributed by atoms with Gasteiger partial charge in [0.15, 0.2) is 17.4 Å². The summed E-state index contributed by atoms with van der Waals surface area (Å²) >= 11 is 0. The zero-order chi connectivity index (χ0) is 16.3. The van der Waals surface area contributed by atoms with E-state index in [0.717, 1.165) is 18.2 Å². The maximum Gasteiger partial charge on any atom is 0.164 e. The van der Waals surface area contributed by atoms with Crippen molar-refractivity contribution in [3.8, 4) is 0 Å². The number of nitrogens with one attached hydrogen (secondary N) is 1. The fourth-order valence-electron chi connectivity index (χ4n) is 2.07. The molecule has 0 saturated carbocycles. The highest BCUT2D eigenvalue weighted by Gasteiger charge is 2.15. The smallest absolute Gasteiger partial charge is 0.164 e. The molecule has 0 aliphatic rings. The highest BCUT2D eigenvalue weighted by molar-refractivity contribution is 5.99. The summed E-state index contributed by atoms with van der Waals surface area (Å²) < 4.78 is 39.6. The fourth-order valence-corrected chi connectivity index (χ4v) is 2.07. The van der Waals surface area contributed by atoms with Gasteiger partial charge in [-0.2, -0.15) is 0 Å². The molecule has 3 nitrogen and oxygen atoms in total. The van der Waals surface area contributed by atoms with Crippen LogP contribution in [0.3, 0.4) is 0 Å². The molecule has 0 aromatic heterocycles. The fraction of sp³-hybridized carbons (Fsp3) is 0.188. The average Bonchev–Trinajstić information content (AvgIpc) is 2.47. The minimum absolute atomic E-state index is 0.0885. The largest absolute Gasteiger partial charge is 0.387 e. The van der Waals surface area contributed by atoms with Gasteiger partial charge in [-0.15, -0.1) is 0 Å². The van der Waals surface area contributed by atoms with Crippen LogP contribution in [0.1, 0.15) is 28.9 Å². The van der Waals surface area contributed by atoms with Gasteiger partial charge in [0.25, 0.3) is 0 Å². The highest BCUT2D eigenvalue weighted by atomic mass is 19.2. The lowest BCUT2D eigenvalue weighted by atomic mass is 10.1. The van der Waals surface area contributed by atoms with Crippen molar-refractivity contribution in [2.24, 2.45) is 0 Å². The molecule has 0 spiro atoms. The molecule has 0 radical (unpaired) electrons. The Balaban J connectivity index is 2.14. The lowest BCUT2D eigenvalue weighted by Gasteiger charge is -2.15. The van der Waals surface area contributed by atoms with Gasteiger partial charge >= 0.3 is 0 Å². The molecule has 0 aliphatic heterocycles. The van der Waals surface area contributed by atoms with Crippen LogP contribution in [0, 0.1) is 17.5 Å². The molecule has 0 unspecified atom stereocenters. The average molecular weight is 309 g/mol. The van der Waals surface area contributed by atoms with Gasteiger partial charge in [-0.1, -0.05) is 12.1 Å². The van der Waals surface area contributed by atoms with Crippen molar-refractivity contribution in [2.75, 3.05) is 11.9 Å². The molecular weight excluding hydrogens is 295 g/mol. The quantitative estimate of drug-likeness (QED) is 0.832. The van der Waals surface area contributed by atoms with Crippen LogP contribution in [0.25, 0.3) is 0 Å². The molecule has 22 heavy (non-hydrogen) atoms. The number of rotatable bonds is 5. The third-order valence-electron chi connectivity index (χ3n) is 3.18. The Morgan fingerprint density at radius 1 is 1.14 bits per heavy atom. The predicted molar refractivity (Wildman–Crippen MR) is 76.2 cm³/mol. The molecule has 2 aromatic carbocycles. The van der Waals surface area contributed by atoms with Crippen molar-refractivity contribution in [1.29, 1.82) is 0 Å². The zero-order valence-electron chi connectivity index (χ0n) is 11.7. The van der Waals surface area contributed by atoms with Gasteiger partial charge < -0.3 is 10.4 Å². The summed E-state index contributed by atoms with van der Waals surface area (Å²) in [5.41, 5.74) is 0.293. The number of aliphatic hydroxyl groups is 1. The second kappa shape index (κ2) is 6.62. The van der Waals surface area contributed by atoms with Crippen LogP contribution < -0.4 is 5.32 Å². The first-order chi connectivity index (χ1) is 10.4. The molecule has 0 heterocycles. The van der Waals surface area contributed by atoms with E-state index in [9.17, 15) is 23.1 Å². The number of anilines is 1. The van der Waals surface area contributed by atoms with E-state index < -0.39 is 29.3 Å². The van der Waals surface area contributed by atoms with Gasteiger partial charge in [-0.3, -0.25) is 4.79 Å². The van der Waals surface area contributed by atoms with Crippen LogP contribution in [0.5, 0.6) is 0 Å². The number of carbonyl (C=O) groups excluding carboxylic acids is 1. The molecule has 0 fully saturated rings. The standard InChI is InChI=1S/C16H14F3NO2/c1-9(21)16-12(18)3-2-4-14(16)20-8-15(22)10-5-6-11(17)13(19)7-10/h2-7,15,20,22H,8H2,1H3/t15-/m0/s1. The summed E-state index contributed by atoms with van der Waals surface area (Å²) in [6.07, 6.45) is -1.14. The number of halogens is 3. The Bertz CT molecular complexity index is 704. The topological polar surface area (TPSA) is 49.3 Å². The van der Waals surface area contributed by atoms with Gasteiger partial charge in [0.05, 0.1) is 11.7 Å². The zero-order valence-corrected chi connectivity index (χ0v) is 11.7. The number of carbonyl (C=O) groups is 1. The minimum atomic E-state index is -1.14. The third kappa shape index (κ3) is 3.46. The third-order valence-corrected chi connectivity index (χ3v) is 3.18. The summed E-state index contributed by atoms with van der Waals surface area (Å²) in [7, 11) is 0. The highest BCUT2D eigenvalue weighted by Crippen LogP contribution is 2.22. The lowest BCUT2D eigenvalue weighted by Crippen LogP contribution is -2.15. The van der Waals surface area contributed by atoms with Gasteiger partial charge in [-0.05, 0) is 36.8 Å². The number of hydrogen-bond donors (Lipinski definition) is 2. The number of ketones is 1. The van der Waals surface area contributed by atoms with E-state index in [1.807, 2.05) is 0 Å². The maximum atomic E-state index is 13.6. The van der Waals surface area contributed by atoms with Crippen LogP contribution >= 0.6 is 0 Å². The molecule has 0 amide bonds. The van der Waals surface area contributed by atoms with Crippen molar-refractivity contribution in [1.82, 2.24) is 0 Å². The number of benzene rings is 2. The number of aliphatic hydroxyl groups excluding tert-OH is 1. The van der Waals surface area contributed by atoms with Crippen molar-refractivity contribution in [3.63, 3.8) is 0 Å². The molecule has 116 valence electrons. The Hall–Kier alpha value is -2.34. The predicted octanol–water partition coefficient (Wildman–Crippen LogP) is 3.45. The Morgan fingerprint density at radius 3 is 2.50 bits per heavy atom.